The molecule has 2 aromatic rings. The Kier molecular flexibility index (Phi) is 5.68. The minimum Gasteiger partial charge on any atom is -0.389 e. The number of likely N-dealkylation sites (N-methyl/N-ethyl adjacent to an activating group) is 1. The van der Waals surface area contributed by atoms with Crippen LogP contribution in [-0.4, -0.2) is 52.0 Å². The number of nitrogens with zero attached hydrogens (tertiary/aromatic N) is 3. The molecule has 2 rings (SSSR count). The Bertz CT molecular complexity index is 598. The van der Waals surface area contributed by atoms with Crippen LogP contribution in [0.1, 0.15) is 16.1 Å². The first-order chi connectivity index (χ1) is 10.6. The molecule has 118 valence electrons. The summed E-state index contributed by atoms with van der Waals surface area (Å²) in [5.41, 5.74) is 1.54. The first-order valence-electron chi connectivity index (χ1n) is 7.11. The highest BCUT2D eigenvalue weighted by Crippen LogP contribution is 2.04. The summed E-state index contributed by atoms with van der Waals surface area (Å²) in [5.74, 6) is -0.179. The van der Waals surface area contributed by atoms with Crippen molar-refractivity contribution in [3.05, 3.63) is 53.9 Å². The van der Waals surface area contributed by atoms with E-state index in [1.165, 1.54) is 9.58 Å². The quantitative estimate of drug-likeness (QED) is 0.831. The van der Waals surface area contributed by atoms with Crippen LogP contribution in [0.15, 0.2) is 42.6 Å². The number of aliphatic hydroxyl groups is 1. The molecule has 1 N–H and O–H groups in total. The van der Waals surface area contributed by atoms with Gasteiger partial charge in [0.05, 0.1) is 19.3 Å². The van der Waals surface area contributed by atoms with E-state index < -0.39 is 6.10 Å². The fraction of sp³-hybridized carbons (Fsp3) is 0.375. The van der Waals surface area contributed by atoms with Crippen LogP contribution in [0.2, 0.25) is 0 Å². The van der Waals surface area contributed by atoms with Crippen molar-refractivity contribution in [2.45, 2.75) is 12.7 Å². The molecule has 0 spiro atoms. The topological polar surface area (TPSA) is 67.6 Å². The Morgan fingerprint density at radius 2 is 2.09 bits per heavy atom. The SMILES string of the molecule is CN(CC(O)COCc1ccccc1)C(=O)c1ccnn1C. The van der Waals surface area contributed by atoms with Crippen molar-refractivity contribution >= 4 is 5.91 Å². The standard InChI is InChI=1S/C16H21N3O3/c1-18(16(21)15-8-9-17-19(15)2)10-14(20)12-22-11-13-6-4-3-5-7-13/h3-9,14,20H,10-12H2,1-2H3. The van der Waals surface area contributed by atoms with E-state index in [1.54, 1.807) is 26.4 Å². The summed E-state index contributed by atoms with van der Waals surface area (Å²) in [6, 6.07) is 11.4. The van der Waals surface area contributed by atoms with E-state index in [9.17, 15) is 9.90 Å². The van der Waals surface area contributed by atoms with E-state index in [4.69, 9.17) is 4.74 Å². The third-order valence-corrected chi connectivity index (χ3v) is 3.29. The van der Waals surface area contributed by atoms with Gasteiger partial charge in [0.1, 0.15) is 5.69 Å². The summed E-state index contributed by atoms with van der Waals surface area (Å²) in [7, 11) is 3.36. The van der Waals surface area contributed by atoms with Gasteiger partial charge in [-0.2, -0.15) is 5.10 Å². The van der Waals surface area contributed by atoms with Crippen LogP contribution in [0.4, 0.5) is 0 Å². The van der Waals surface area contributed by atoms with Crippen LogP contribution in [-0.2, 0) is 18.4 Å². The van der Waals surface area contributed by atoms with Crippen molar-refractivity contribution in [1.29, 1.82) is 0 Å². The highest BCUT2D eigenvalue weighted by atomic mass is 16.5. The van der Waals surface area contributed by atoms with E-state index in [0.717, 1.165) is 5.56 Å². The fourth-order valence-corrected chi connectivity index (χ4v) is 2.12. The van der Waals surface area contributed by atoms with Crippen molar-refractivity contribution < 1.29 is 14.6 Å². The second-order valence-corrected chi connectivity index (χ2v) is 5.18. The molecular weight excluding hydrogens is 282 g/mol. The third kappa shape index (κ3) is 4.41. The van der Waals surface area contributed by atoms with Crippen molar-refractivity contribution in [1.82, 2.24) is 14.7 Å². The van der Waals surface area contributed by atoms with Gasteiger partial charge < -0.3 is 14.7 Å². The van der Waals surface area contributed by atoms with Crippen LogP contribution in [0.5, 0.6) is 0 Å². The first kappa shape index (κ1) is 16.2. The van der Waals surface area contributed by atoms with Crippen LogP contribution in [0.25, 0.3) is 0 Å². The predicted octanol–water partition coefficient (Wildman–Crippen LogP) is 1.07. The van der Waals surface area contributed by atoms with E-state index in [-0.39, 0.29) is 19.1 Å². The van der Waals surface area contributed by atoms with Crippen LogP contribution < -0.4 is 0 Å². The van der Waals surface area contributed by atoms with Crippen LogP contribution in [0, 0.1) is 0 Å². The zero-order valence-electron chi connectivity index (χ0n) is 12.8. The third-order valence-electron chi connectivity index (χ3n) is 3.29. The molecule has 6 nitrogen and oxygen atoms in total. The summed E-state index contributed by atoms with van der Waals surface area (Å²) in [4.78, 5) is 13.6. The number of rotatable bonds is 7. The number of carbonyl (C=O) groups is 1. The predicted molar refractivity (Wildman–Crippen MR) is 82.3 cm³/mol. The second-order valence-electron chi connectivity index (χ2n) is 5.18. The number of amides is 1. The van der Waals surface area contributed by atoms with Crippen LogP contribution in [0.3, 0.4) is 0 Å². The highest BCUT2D eigenvalue weighted by molar-refractivity contribution is 5.92. The minimum atomic E-state index is -0.731. The van der Waals surface area contributed by atoms with Crippen LogP contribution >= 0.6 is 0 Å². The number of aliphatic hydroxyl groups excluding tert-OH is 1. The fourth-order valence-electron chi connectivity index (χ4n) is 2.12. The van der Waals surface area contributed by atoms with Crippen molar-refractivity contribution in [3.63, 3.8) is 0 Å². The lowest BCUT2D eigenvalue weighted by molar-refractivity contribution is 0.0135. The number of hydrogen-bond donors (Lipinski definition) is 1. The molecule has 0 aliphatic rings. The van der Waals surface area contributed by atoms with Gasteiger partial charge in [-0.25, -0.2) is 0 Å². The van der Waals surface area contributed by atoms with Gasteiger partial charge in [-0.1, -0.05) is 30.3 Å². The zero-order valence-corrected chi connectivity index (χ0v) is 12.8. The summed E-state index contributed by atoms with van der Waals surface area (Å²) in [6.45, 7) is 0.827. The van der Waals surface area contributed by atoms with Crippen molar-refractivity contribution in [2.24, 2.45) is 7.05 Å². The monoisotopic (exact) mass is 303 g/mol. The van der Waals surface area contributed by atoms with E-state index in [1.807, 2.05) is 30.3 Å². The van der Waals surface area contributed by atoms with E-state index >= 15 is 0 Å². The molecule has 1 heterocycles. The average molecular weight is 303 g/mol. The molecular formula is C16H21N3O3. The molecule has 1 aromatic heterocycles. The Morgan fingerprint density at radius 3 is 2.73 bits per heavy atom. The molecule has 0 aliphatic carbocycles. The Balaban J connectivity index is 1.75. The number of carbonyl (C=O) groups excluding carboxylic acids is 1. The number of aryl methyl sites for hydroxylation is 1. The largest absolute Gasteiger partial charge is 0.389 e. The molecule has 0 fully saturated rings. The highest BCUT2D eigenvalue weighted by Gasteiger charge is 2.18. The van der Waals surface area contributed by atoms with Gasteiger partial charge >= 0.3 is 0 Å². The molecule has 1 atom stereocenters. The number of ether oxygens (including phenoxy) is 1. The lowest BCUT2D eigenvalue weighted by Crippen LogP contribution is -2.37. The molecule has 0 aliphatic heterocycles. The lowest BCUT2D eigenvalue weighted by atomic mass is 10.2. The molecule has 22 heavy (non-hydrogen) atoms. The van der Waals surface area contributed by atoms with Gasteiger partial charge in [0.2, 0.25) is 0 Å². The van der Waals surface area contributed by atoms with Gasteiger partial charge in [0.25, 0.3) is 5.91 Å². The molecule has 6 heteroatoms. The smallest absolute Gasteiger partial charge is 0.271 e. The Labute approximate surface area is 129 Å². The summed E-state index contributed by atoms with van der Waals surface area (Å²) < 4.78 is 6.98. The molecule has 0 saturated heterocycles. The van der Waals surface area contributed by atoms with Gasteiger partial charge in [-0.15, -0.1) is 0 Å². The summed E-state index contributed by atoms with van der Waals surface area (Å²) >= 11 is 0. The van der Waals surface area contributed by atoms with Gasteiger partial charge in [-0.3, -0.25) is 9.48 Å². The van der Waals surface area contributed by atoms with E-state index in [0.29, 0.717) is 12.3 Å². The van der Waals surface area contributed by atoms with Gasteiger partial charge in [0.15, 0.2) is 0 Å². The average Bonchev–Trinajstić information content (AvgIpc) is 2.93. The number of hydrogen-bond acceptors (Lipinski definition) is 4. The van der Waals surface area contributed by atoms with Crippen molar-refractivity contribution in [2.75, 3.05) is 20.2 Å². The maximum Gasteiger partial charge on any atom is 0.271 e. The Hall–Kier alpha value is -2.18. The zero-order chi connectivity index (χ0) is 15.9. The maximum atomic E-state index is 12.2. The molecule has 0 saturated carbocycles. The lowest BCUT2D eigenvalue weighted by Gasteiger charge is -2.20. The maximum absolute atomic E-state index is 12.2. The first-order valence-corrected chi connectivity index (χ1v) is 7.11. The molecule has 1 aromatic carbocycles. The number of aromatic nitrogens is 2. The van der Waals surface area contributed by atoms with Gasteiger partial charge in [-0.05, 0) is 11.6 Å². The molecule has 0 radical (unpaired) electrons. The summed E-state index contributed by atoms with van der Waals surface area (Å²) in [6.07, 6.45) is 0.839. The minimum absolute atomic E-state index is 0.178. The number of benzene rings is 1. The normalized spacial score (nSPS) is 12.1. The molecule has 1 unspecified atom stereocenters. The Morgan fingerprint density at radius 1 is 1.36 bits per heavy atom. The van der Waals surface area contributed by atoms with Crippen molar-refractivity contribution in [3.8, 4) is 0 Å². The summed E-state index contributed by atoms with van der Waals surface area (Å²) in [5, 5.41) is 13.9. The van der Waals surface area contributed by atoms with Gasteiger partial charge in [0, 0.05) is 26.8 Å². The molecule has 0 bridgehead atoms. The van der Waals surface area contributed by atoms with E-state index in [2.05, 4.69) is 5.10 Å². The molecule has 1 amide bonds. The second kappa shape index (κ2) is 7.72.